The Morgan fingerprint density at radius 3 is 2.67 bits per heavy atom. The zero-order chi connectivity index (χ0) is 9.19. The molecule has 0 radical (unpaired) electrons. The van der Waals surface area contributed by atoms with Crippen LogP contribution in [0.2, 0.25) is 0 Å². The normalized spacial score (nSPS) is 11.7. The molecule has 4 heteroatoms. The van der Waals surface area contributed by atoms with E-state index >= 15 is 0 Å². The van der Waals surface area contributed by atoms with Crippen LogP contribution in [0.1, 0.15) is 25.6 Å². The maximum Gasteiger partial charge on any atom is 0.183 e. The number of rotatable bonds is 2. The van der Waals surface area contributed by atoms with Crippen molar-refractivity contribution in [3.8, 4) is 0 Å². The summed E-state index contributed by atoms with van der Waals surface area (Å²) in [7, 11) is 0. The van der Waals surface area contributed by atoms with Crippen molar-refractivity contribution in [2.75, 3.05) is 5.32 Å². The van der Waals surface area contributed by atoms with Crippen molar-refractivity contribution in [2.24, 2.45) is 5.73 Å². The highest BCUT2D eigenvalue weighted by Gasteiger charge is 2.11. The van der Waals surface area contributed by atoms with E-state index in [0.717, 1.165) is 10.0 Å². The van der Waals surface area contributed by atoms with Crippen LogP contribution >= 0.6 is 11.3 Å². The average Bonchev–Trinajstić information content (AvgIpc) is 2.32. The second-order valence-corrected chi connectivity index (χ2v) is 4.83. The molecule has 0 spiro atoms. The lowest BCUT2D eigenvalue weighted by Gasteiger charge is -2.19. The van der Waals surface area contributed by atoms with Crippen molar-refractivity contribution in [2.45, 2.75) is 32.9 Å². The van der Waals surface area contributed by atoms with Crippen LogP contribution in [0.3, 0.4) is 0 Å². The van der Waals surface area contributed by atoms with Gasteiger partial charge in [0.25, 0.3) is 0 Å². The van der Waals surface area contributed by atoms with Crippen LogP contribution in [0.25, 0.3) is 0 Å². The quantitative estimate of drug-likeness (QED) is 0.739. The minimum atomic E-state index is 0.0731. The summed E-state index contributed by atoms with van der Waals surface area (Å²) in [6.07, 6.45) is 1.82. The fraction of sp³-hybridized carbons (Fsp3) is 0.625. The number of thiazole rings is 1. The summed E-state index contributed by atoms with van der Waals surface area (Å²) < 4.78 is 0. The van der Waals surface area contributed by atoms with E-state index in [4.69, 9.17) is 5.73 Å². The molecule has 1 aromatic rings. The largest absolute Gasteiger partial charge is 0.357 e. The first kappa shape index (κ1) is 9.48. The van der Waals surface area contributed by atoms with E-state index in [9.17, 15) is 0 Å². The maximum atomic E-state index is 5.47. The SMILES string of the molecule is CC(C)(C)Nc1ncc(CN)s1. The van der Waals surface area contributed by atoms with Crippen LogP contribution < -0.4 is 11.1 Å². The van der Waals surface area contributed by atoms with Crippen molar-refractivity contribution in [1.82, 2.24) is 4.98 Å². The average molecular weight is 185 g/mol. The summed E-state index contributed by atoms with van der Waals surface area (Å²) in [5, 5.41) is 4.23. The van der Waals surface area contributed by atoms with Crippen molar-refractivity contribution < 1.29 is 0 Å². The Bertz CT molecular complexity index is 249. The number of aromatic nitrogens is 1. The lowest BCUT2D eigenvalue weighted by Crippen LogP contribution is -2.25. The molecule has 68 valence electrons. The number of anilines is 1. The zero-order valence-electron chi connectivity index (χ0n) is 7.72. The maximum absolute atomic E-state index is 5.47. The van der Waals surface area contributed by atoms with Gasteiger partial charge in [0, 0.05) is 23.2 Å². The van der Waals surface area contributed by atoms with Crippen molar-refractivity contribution in [3.05, 3.63) is 11.1 Å². The number of nitrogens with zero attached hydrogens (tertiary/aromatic N) is 1. The summed E-state index contributed by atoms with van der Waals surface area (Å²) >= 11 is 1.61. The van der Waals surface area contributed by atoms with Crippen molar-refractivity contribution >= 4 is 16.5 Å². The summed E-state index contributed by atoms with van der Waals surface area (Å²) in [4.78, 5) is 5.31. The van der Waals surface area contributed by atoms with E-state index in [1.165, 1.54) is 0 Å². The Morgan fingerprint density at radius 1 is 1.58 bits per heavy atom. The van der Waals surface area contributed by atoms with E-state index < -0.39 is 0 Å². The number of hydrogen-bond donors (Lipinski definition) is 2. The Balaban J connectivity index is 2.64. The van der Waals surface area contributed by atoms with E-state index in [1.54, 1.807) is 11.3 Å². The smallest absolute Gasteiger partial charge is 0.183 e. The van der Waals surface area contributed by atoms with E-state index in [1.807, 2.05) is 6.20 Å². The van der Waals surface area contributed by atoms with Gasteiger partial charge in [-0.05, 0) is 20.8 Å². The Kier molecular flexibility index (Phi) is 2.69. The fourth-order valence-electron chi connectivity index (χ4n) is 0.780. The molecule has 0 atom stereocenters. The second kappa shape index (κ2) is 3.41. The van der Waals surface area contributed by atoms with Gasteiger partial charge in [-0.25, -0.2) is 4.98 Å². The molecule has 0 saturated heterocycles. The van der Waals surface area contributed by atoms with E-state index in [-0.39, 0.29) is 5.54 Å². The predicted molar refractivity (Wildman–Crippen MR) is 53.4 cm³/mol. The highest BCUT2D eigenvalue weighted by atomic mass is 32.1. The molecule has 0 saturated carbocycles. The highest BCUT2D eigenvalue weighted by Crippen LogP contribution is 2.20. The monoisotopic (exact) mass is 185 g/mol. The first-order valence-corrected chi connectivity index (χ1v) is 4.76. The molecule has 12 heavy (non-hydrogen) atoms. The van der Waals surface area contributed by atoms with Gasteiger partial charge in [-0.15, -0.1) is 11.3 Å². The summed E-state index contributed by atoms with van der Waals surface area (Å²) in [6.45, 7) is 6.90. The molecule has 0 aliphatic carbocycles. The van der Waals surface area contributed by atoms with E-state index in [0.29, 0.717) is 6.54 Å². The number of nitrogens with two attached hydrogens (primary N) is 1. The topological polar surface area (TPSA) is 50.9 Å². The van der Waals surface area contributed by atoms with Gasteiger partial charge in [0.15, 0.2) is 5.13 Å². The number of nitrogens with one attached hydrogen (secondary N) is 1. The van der Waals surface area contributed by atoms with Gasteiger partial charge < -0.3 is 11.1 Å². The van der Waals surface area contributed by atoms with Crippen LogP contribution in [-0.4, -0.2) is 10.5 Å². The molecule has 3 N–H and O–H groups in total. The number of hydrogen-bond acceptors (Lipinski definition) is 4. The van der Waals surface area contributed by atoms with Gasteiger partial charge in [-0.1, -0.05) is 0 Å². The van der Waals surface area contributed by atoms with Crippen molar-refractivity contribution in [1.29, 1.82) is 0 Å². The molecule has 1 heterocycles. The van der Waals surface area contributed by atoms with Gasteiger partial charge in [-0.2, -0.15) is 0 Å². The molecule has 0 fully saturated rings. The molecule has 0 aliphatic rings. The highest BCUT2D eigenvalue weighted by molar-refractivity contribution is 7.15. The molecule has 3 nitrogen and oxygen atoms in total. The lowest BCUT2D eigenvalue weighted by atomic mass is 10.1. The van der Waals surface area contributed by atoms with Crippen LogP contribution in [0.4, 0.5) is 5.13 Å². The molecule has 1 aromatic heterocycles. The van der Waals surface area contributed by atoms with E-state index in [2.05, 4.69) is 31.1 Å². The van der Waals surface area contributed by atoms with Crippen LogP contribution in [0, 0.1) is 0 Å². The van der Waals surface area contributed by atoms with Gasteiger partial charge in [-0.3, -0.25) is 0 Å². The summed E-state index contributed by atoms with van der Waals surface area (Å²) in [5.41, 5.74) is 5.54. The second-order valence-electron chi connectivity index (χ2n) is 3.71. The lowest BCUT2D eigenvalue weighted by molar-refractivity contribution is 0.633. The van der Waals surface area contributed by atoms with Gasteiger partial charge in [0.1, 0.15) is 0 Å². The summed E-state index contributed by atoms with van der Waals surface area (Å²) in [5.74, 6) is 0. The first-order valence-electron chi connectivity index (χ1n) is 3.94. The van der Waals surface area contributed by atoms with Gasteiger partial charge in [0.2, 0.25) is 0 Å². The molecule has 0 bridgehead atoms. The van der Waals surface area contributed by atoms with Gasteiger partial charge in [0.05, 0.1) is 0 Å². The molecule has 0 aromatic carbocycles. The molecule has 1 rings (SSSR count). The first-order chi connectivity index (χ1) is 5.51. The summed E-state index contributed by atoms with van der Waals surface area (Å²) in [6, 6.07) is 0. The minimum absolute atomic E-state index is 0.0731. The fourth-order valence-corrected chi connectivity index (χ4v) is 1.68. The molecule has 0 aliphatic heterocycles. The van der Waals surface area contributed by atoms with Crippen LogP contribution in [-0.2, 0) is 6.54 Å². The van der Waals surface area contributed by atoms with Gasteiger partial charge >= 0.3 is 0 Å². The Morgan fingerprint density at radius 2 is 2.25 bits per heavy atom. The Labute approximate surface area is 77.0 Å². The molecular weight excluding hydrogens is 170 g/mol. The van der Waals surface area contributed by atoms with Crippen molar-refractivity contribution in [3.63, 3.8) is 0 Å². The third-order valence-electron chi connectivity index (χ3n) is 1.24. The van der Waals surface area contributed by atoms with Crippen LogP contribution in [0.15, 0.2) is 6.20 Å². The zero-order valence-corrected chi connectivity index (χ0v) is 8.53. The standard InChI is InChI=1S/C8H15N3S/c1-8(2,3)11-7-10-5-6(4-9)12-7/h5H,4,9H2,1-3H3,(H,10,11). The Hall–Kier alpha value is -0.610. The predicted octanol–water partition coefficient (Wildman–Crippen LogP) is 1.81. The van der Waals surface area contributed by atoms with Crippen LogP contribution in [0.5, 0.6) is 0 Å². The molecular formula is C8H15N3S. The third kappa shape index (κ3) is 2.79. The third-order valence-corrected chi connectivity index (χ3v) is 2.17. The molecule has 0 amide bonds. The minimum Gasteiger partial charge on any atom is -0.357 e. The molecule has 0 unspecified atom stereocenters.